The van der Waals surface area contributed by atoms with Crippen molar-refractivity contribution in [2.75, 3.05) is 0 Å². The van der Waals surface area contributed by atoms with Gasteiger partial charge in [0.1, 0.15) is 10.3 Å². The van der Waals surface area contributed by atoms with E-state index in [2.05, 4.69) is 20.9 Å². The Kier molecular flexibility index (Phi) is 3.49. The molecule has 0 aliphatic rings. The van der Waals surface area contributed by atoms with E-state index in [4.69, 9.17) is 0 Å². The van der Waals surface area contributed by atoms with E-state index in [1.165, 1.54) is 0 Å². The number of rotatable bonds is 2. The van der Waals surface area contributed by atoms with Crippen LogP contribution in [0, 0.1) is 21.7 Å². The van der Waals surface area contributed by atoms with E-state index < -0.39 is 45.1 Å². The Balaban J connectivity index is 2.79. The molecule has 0 aliphatic heterocycles. The Morgan fingerprint density at radius 1 is 1.40 bits per heavy atom. The van der Waals surface area contributed by atoms with E-state index in [1.54, 1.807) is 0 Å². The van der Waals surface area contributed by atoms with Gasteiger partial charge in [0.2, 0.25) is 11.7 Å². The number of aromatic nitrogens is 2. The smallest absolute Gasteiger partial charge is 0.305 e. The fourth-order valence-corrected chi connectivity index (χ4v) is 1.65. The Hall–Kier alpha value is -2.36. The normalized spacial score (nSPS) is 10.6. The van der Waals surface area contributed by atoms with Crippen LogP contribution in [-0.2, 0) is 0 Å². The number of nitrogens with one attached hydrogen (secondary N) is 1. The Bertz CT molecular complexity index is 778. The first-order valence-electron chi connectivity index (χ1n) is 4.94. The molecule has 2 rings (SSSR count). The molecule has 104 valence electrons. The van der Waals surface area contributed by atoms with Crippen molar-refractivity contribution < 1.29 is 18.8 Å². The minimum absolute atomic E-state index is 0.326. The summed E-state index contributed by atoms with van der Waals surface area (Å²) < 4.78 is 27.2. The average molecular weight is 348 g/mol. The molecule has 0 atom stereocenters. The second kappa shape index (κ2) is 4.96. The van der Waals surface area contributed by atoms with Gasteiger partial charge in [-0.15, -0.1) is 0 Å². The predicted octanol–water partition coefficient (Wildman–Crippen LogP) is 2.09. The molecule has 0 aliphatic carbocycles. The largest absolute Gasteiger partial charge is 0.492 e. The van der Waals surface area contributed by atoms with Gasteiger partial charge in [0.15, 0.2) is 5.82 Å². The lowest BCUT2D eigenvalue weighted by molar-refractivity contribution is -0.387. The van der Waals surface area contributed by atoms with Crippen molar-refractivity contribution in [1.82, 2.24) is 9.97 Å². The summed E-state index contributed by atoms with van der Waals surface area (Å²) in [6.45, 7) is 0. The first-order chi connectivity index (χ1) is 9.32. The number of benzene rings is 1. The number of halogens is 3. The molecule has 2 aromatic rings. The zero-order valence-electron chi connectivity index (χ0n) is 9.35. The van der Waals surface area contributed by atoms with Gasteiger partial charge in [0.25, 0.3) is 5.56 Å². The fourth-order valence-electron chi connectivity index (χ4n) is 1.46. The second-order valence-electron chi connectivity index (χ2n) is 3.56. The fraction of sp³-hybridized carbons (Fsp3) is 0. The molecule has 0 amide bonds. The summed E-state index contributed by atoms with van der Waals surface area (Å²) in [7, 11) is 0. The highest BCUT2D eigenvalue weighted by molar-refractivity contribution is 9.10. The number of nitro benzene ring substituents is 1. The molecule has 0 fully saturated rings. The van der Waals surface area contributed by atoms with Crippen molar-refractivity contribution in [2.24, 2.45) is 0 Å². The number of nitrogens with zero attached hydrogens (tertiary/aromatic N) is 2. The van der Waals surface area contributed by atoms with E-state index >= 15 is 0 Å². The van der Waals surface area contributed by atoms with Gasteiger partial charge >= 0.3 is 5.69 Å². The summed E-state index contributed by atoms with van der Waals surface area (Å²) in [5.41, 5.74) is -2.77. The van der Waals surface area contributed by atoms with Gasteiger partial charge in [-0.05, 0) is 22.0 Å². The molecule has 1 aromatic carbocycles. The monoisotopic (exact) mass is 347 g/mol. The molecule has 1 aromatic heterocycles. The van der Waals surface area contributed by atoms with Crippen molar-refractivity contribution in [3.63, 3.8) is 0 Å². The summed E-state index contributed by atoms with van der Waals surface area (Å²) in [6.07, 6.45) is 0. The van der Waals surface area contributed by atoms with Gasteiger partial charge < -0.3 is 10.1 Å². The van der Waals surface area contributed by atoms with Crippen LogP contribution in [0.3, 0.4) is 0 Å². The van der Waals surface area contributed by atoms with E-state index in [-0.39, 0.29) is 4.47 Å². The van der Waals surface area contributed by atoms with Crippen LogP contribution in [0.25, 0.3) is 11.4 Å². The number of aromatic amines is 1. The number of nitro groups is 1. The minimum atomic E-state index is -1.50. The zero-order valence-corrected chi connectivity index (χ0v) is 10.9. The third-order valence-electron chi connectivity index (χ3n) is 2.35. The molecule has 7 nitrogen and oxygen atoms in total. The van der Waals surface area contributed by atoms with Crippen LogP contribution in [-0.4, -0.2) is 20.0 Å². The first-order valence-corrected chi connectivity index (χ1v) is 5.73. The standard InChI is InChI=1S/C10H4BrF2N3O4/c11-6-9(17)14-8(15-10(6)18)5-3(12)1-2-4(7(5)13)16(19)20/h1-2H,(H2,14,15,17,18). The van der Waals surface area contributed by atoms with Gasteiger partial charge in [-0.25, -0.2) is 4.39 Å². The van der Waals surface area contributed by atoms with Crippen molar-refractivity contribution in [2.45, 2.75) is 0 Å². The van der Waals surface area contributed by atoms with Crippen molar-refractivity contribution in [3.05, 3.63) is 48.7 Å². The number of aromatic hydroxyl groups is 1. The molecular formula is C10H4BrF2N3O4. The highest BCUT2D eigenvalue weighted by Gasteiger charge is 2.25. The molecule has 20 heavy (non-hydrogen) atoms. The van der Waals surface area contributed by atoms with Gasteiger partial charge in [0, 0.05) is 6.07 Å². The molecular weight excluding hydrogens is 344 g/mol. The molecule has 0 saturated heterocycles. The molecule has 0 bridgehead atoms. The van der Waals surface area contributed by atoms with Crippen LogP contribution in [0.15, 0.2) is 21.4 Å². The molecule has 1 heterocycles. The number of hydrogen-bond donors (Lipinski definition) is 2. The van der Waals surface area contributed by atoms with Crippen molar-refractivity contribution >= 4 is 21.6 Å². The lowest BCUT2D eigenvalue weighted by Gasteiger charge is -2.05. The van der Waals surface area contributed by atoms with Crippen LogP contribution in [0.4, 0.5) is 14.5 Å². The predicted molar refractivity (Wildman–Crippen MR) is 66.2 cm³/mol. The molecule has 2 N–H and O–H groups in total. The second-order valence-corrected chi connectivity index (χ2v) is 4.36. The maximum absolute atomic E-state index is 13.9. The Labute approximate surface area is 117 Å². The molecule has 0 saturated carbocycles. The van der Waals surface area contributed by atoms with Gasteiger partial charge in [-0.1, -0.05) is 0 Å². The third-order valence-corrected chi connectivity index (χ3v) is 3.06. The van der Waals surface area contributed by atoms with E-state index in [9.17, 15) is 28.8 Å². The van der Waals surface area contributed by atoms with Gasteiger partial charge in [-0.2, -0.15) is 9.37 Å². The lowest BCUT2D eigenvalue weighted by Crippen LogP contribution is -2.11. The molecule has 10 heteroatoms. The van der Waals surface area contributed by atoms with Crippen LogP contribution < -0.4 is 5.56 Å². The molecule has 0 unspecified atom stereocenters. The SMILES string of the molecule is O=c1[nH]c(-c2c(F)ccc([N+](=O)[O-])c2F)nc(O)c1Br. The summed E-state index contributed by atoms with van der Waals surface area (Å²) >= 11 is 2.71. The summed E-state index contributed by atoms with van der Waals surface area (Å²) in [5.74, 6) is -4.12. The molecule has 0 radical (unpaired) electrons. The van der Waals surface area contributed by atoms with Crippen molar-refractivity contribution in [1.29, 1.82) is 0 Å². The minimum Gasteiger partial charge on any atom is -0.492 e. The summed E-state index contributed by atoms with van der Waals surface area (Å²) in [5, 5.41) is 19.9. The maximum atomic E-state index is 13.9. The highest BCUT2D eigenvalue weighted by atomic mass is 79.9. The Morgan fingerprint density at radius 2 is 2.05 bits per heavy atom. The quantitative estimate of drug-likeness (QED) is 0.638. The third kappa shape index (κ3) is 2.25. The first kappa shape index (κ1) is 14.1. The van der Waals surface area contributed by atoms with E-state index in [0.717, 1.165) is 0 Å². The average Bonchev–Trinajstić information content (AvgIpc) is 2.35. The van der Waals surface area contributed by atoms with Gasteiger partial charge in [-0.3, -0.25) is 14.9 Å². The molecule has 0 spiro atoms. The zero-order chi connectivity index (χ0) is 15.0. The topological polar surface area (TPSA) is 109 Å². The van der Waals surface area contributed by atoms with Crippen LogP contribution >= 0.6 is 15.9 Å². The lowest BCUT2D eigenvalue weighted by atomic mass is 10.1. The van der Waals surface area contributed by atoms with Crippen LogP contribution in [0.2, 0.25) is 0 Å². The Morgan fingerprint density at radius 3 is 2.60 bits per heavy atom. The number of hydrogen-bond acceptors (Lipinski definition) is 5. The summed E-state index contributed by atoms with van der Waals surface area (Å²) in [6, 6.07) is 1.31. The van der Waals surface area contributed by atoms with Crippen LogP contribution in [0.1, 0.15) is 0 Å². The van der Waals surface area contributed by atoms with E-state index in [0.29, 0.717) is 12.1 Å². The van der Waals surface area contributed by atoms with Crippen molar-refractivity contribution in [3.8, 4) is 17.3 Å². The number of H-pyrrole nitrogens is 1. The maximum Gasteiger partial charge on any atom is 0.305 e. The van der Waals surface area contributed by atoms with Gasteiger partial charge in [0.05, 0.1) is 10.5 Å². The van der Waals surface area contributed by atoms with Crippen LogP contribution in [0.5, 0.6) is 5.88 Å². The highest BCUT2D eigenvalue weighted by Crippen LogP contribution is 2.30. The summed E-state index contributed by atoms with van der Waals surface area (Å²) in [4.78, 5) is 26.3. The van der Waals surface area contributed by atoms with E-state index in [1.807, 2.05) is 4.98 Å².